The third-order valence-corrected chi connectivity index (χ3v) is 4.37. The second-order valence-corrected chi connectivity index (χ2v) is 6.21. The molecule has 0 bridgehead atoms. The molecule has 2 rings (SSSR count). The summed E-state index contributed by atoms with van der Waals surface area (Å²) in [6.45, 7) is 1.52. The minimum atomic E-state index is -0.948. The van der Waals surface area contributed by atoms with Gasteiger partial charge in [-0.1, -0.05) is 0 Å². The van der Waals surface area contributed by atoms with Crippen LogP contribution in [-0.2, 0) is 9.53 Å². The van der Waals surface area contributed by atoms with E-state index in [1.54, 1.807) is 42.1 Å². The highest BCUT2D eigenvalue weighted by Crippen LogP contribution is 2.29. The Balaban J connectivity index is 1.99. The summed E-state index contributed by atoms with van der Waals surface area (Å²) in [5.41, 5.74) is 0.911. The Bertz CT molecular complexity index is 776. The molecule has 0 aliphatic carbocycles. The van der Waals surface area contributed by atoms with Crippen molar-refractivity contribution in [1.82, 2.24) is 0 Å². The lowest BCUT2D eigenvalue weighted by molar-refractivity contribution is -0.123. The molecule has 2 aromatic carbocycles. The zero-order valence-corrected chi connectivity index (χ0v) is 15.9. The molecule has 26 heavy (non-hydrogen) atoms. The lowest BCUT2D eigenvalue weighted by Gasteiger charge is -2.15. The van der Waals surface area contributed by atoms with Crippen LogP contribution in [0.5, 0.6) is 11.5 Å². The van der Waals surface area contributed by atoms with Crippen molar-refractivity contribution in [1.29, 1.82) is 0 Å². The molecule has 0 radical (unpaired) electrons. The van der Waals surface area contributed by atoms with Gasteiger partial charge in [-0.25, -0.2) is 4.79 Å². The molecular formula is C19H21NO5S. The lowest BCUT2D eigenvalue weighted by Crippen LogP contribution is -2.30. The number of anilines is 1. The van der Waals surface area contributed by atoms with Crippen LogP contribution in [0.25, 0.3) is 0 Å². The molecule has 1 N–H and O–H groups in total. The number of carbonyl (C=O) groups excluding carboxylic acids is 2. The van der Waals surface area contributed by atoms with Crippen molar-refractivity contribution in [3.8, 4) is 11.5 Å². The molecule has 1 amide bonds. The number of benzene rings is 2. The van der Waals surface area contributed by atoms with E-state index in [1.807, 2.05) is 18.4 Å². The Kier molecular flexibility index (Phi) is 6.91. The molecule has 0 saturated carbocycles. The maximum absolute atomic E-state index is 12.3. The second-order valence-electron chi connectivity index (χ2n) is 5.34. The molecule has 138 valence electrons. The number of rotatable bonds is 7. The number of amides is 1. The van der Waals surface area contributed by atoms with Gasteiger partial charge >= 0.3 is 5.97 Å². The second kappa shape index (κ2) is 9.15. The third kappa shape index (κ3) is 4.92. The molecule has 2 aromatic rings. The molecule has 0 fully saturated rings. The summed E-state index contributed by atoms with van der Waals surface area (Å²) in [4.78, 5) is 25.5. The van der Waals surface area contributed by atoms with Crippen LogP contribution in [0.2, 0.25) is 0 Å². The molecule has 6 nitrogen and oxygen atoms in total. The van der Waals surface area contributed by atoms with Gasteiger partial charge in [0.15, 0.2) is 17.6 Å². The van der Waals surface area contributed by atoms with E-state index in [1.165, 1.54) is 21.1 Å². The number of hydrogen-bond donors (Lipinski definition) is 1. The van der Waals surface area contributed by atoms with Crippen LogP contribution < -0.4 is 14.8 Å². The average molecular weight is 375 g/mol. The van der Waals surface area contributed by atoms with Crippen molar-refractivity contribution in [2.75, 3.05) is 25.8 Å². The van der Waals surface area contributed by atoms with Crippen molar-refractivity contribution in [2.24, 2.45) is 0 Å². The van der Waals surface area contributed by atoms with Crippen LogP contribution in [0.4, 0.5) is 5.69 Å². The van der Waals surface area contributed by atoms with E-state index in [9.17, 15) is 9.59 Å². The van der Waals surface area contributed by atoms with Gasteiger partial charge < -0.3 is 19.5 Å². The minimum absolute atomic E-state index is 0.397. The first-order valence-corrected chi connectivity index (χ1v) is 9.09. The molecule has 1 atom stereocenters. The highest BCUT2D eigenvalue weighted by molar-refractivity contribution is 7.98. The highest BCUT2D eigenvalue weighted by Gasteiger charge is 2.19. The first-order valence-electron chi connectivity index (χ1n) is 7.86. The van der Waals surface area contributed by atoms with E-state index in [0.29, 0.717) is 22.7 Å². The number of nitrogens with one attached hydrogen (secondary N) is 1. The molecule has 0 heterocycles. The number of thioether (sulfide) groups is 1. The zero-order chi connectivity index (χ0) is 19.1. The fourth-order valence-electron chi connectivity index (χ4n) is 2.17. The SMILES string of the molecule is COc1ccc(NC(=O)[C@H](C)OC(=O)c2ccc(SC)cc2)cc1OC. The molecule has 0 aliphatic rings. The van der Waals surface area contributed by atoms with Crippen LogP contribution in [0, 0.1) is 0 Å². The maximum Gasteiger partial charge on any atom is 0.338 e. The summed E-state index contributed by atoms with van der Waals surface area (Å²) in [6, 6.07) is 12.0. The van der Waals surface area contributed by atoms with Gasteiger partial charge in [-0.05, 0) is 49.6 Å². The van der Waals surface area contributed by atoms with Gasteiger partial charge in [0.2, 0.25) is 0 Å². The summed E-state index contributed by atoms with van der Waals surface area (Å²) in [5.74, 6) is 0.0569. The topological polar surface area (TPSA) is 73.9 Å². The van der Waals surface area contributed by atoms with Gasteiger partial charge in [0.05, 0.1) is 19.8 Å². The molecule has 0 unspecified atom stereocenters. The minimum Gasteiger partial charge on any atom is -0.493 e. The zero-order valence-electron chi connectivity index (χ0n) is 15.1. The Morgan fingerprint density at radius 2 is 1.65 bits per heavy atom. The van der Waals surface area contributed by atoms with E-state index in [4.69, 9.17) is 14.2 Å². The lowest BCUT2D eigenvalue weighted by atomic mass is 10.2. The summed E-state index contributed by atoms with van der Waals surface area (Å²) in [6.07, 6.45) is 1.00. The Labute approximate surface area is 156 Å². The van der Waals surface area contributed by atoms with Crippen molar-refractivity contribution in [3.05, 3.63) is 48.0 Å². The Morgan fingerprint density at radius 1 is 1.00 bits per heavy atom. The van der Waals surface area contributed by atoms with E-state index < -0.39 is 18.0 Å². The summed E-state index contributed by atoms with van der Waals surface area (Å²) in [5, 5.41) is 2.69. The van der Waals surface area contributed by atoms with Gasteiger partial charge in [0.25, 0.3) is 5.91 Å². The summed E-state index contributed by atoms with van der Waals surface area (Å²) >= 11 is 1.58. The first kappa shape index (κ1) is 19.7. The number of ether oxygens (including phenoxy) is 3. The average Bonchev–Trinajstić information content (AvgIpc) is 2.67. The molecule has 7 heteroatoms. The standard InChI is InChI=1S/C19H21NO5S/c1-12(25-19(22)13-5-8-15(26-4)9-6-13)18(21)20-14-7-10-16(23-2)17(11-14)24-3/h5-12H,1-4H3,(H,20,21)/t12-/m0/s1. The monoisotopic (exact) mass is 375 g/mol. The van der Waals surface area contributed by atoms with Crippen molar-refractivity contribution in [2.45, 2.75) is 17.9 Å². The molecular weight excluding hydrogens is 354 g/mol. The largest absolute Gasteiger partial charge is 0.493 e. The van der Waals surface area contributed by atoms with Crippen molar-refractivity contribution in [3.63, 3.8) is 0 Å². The van der Waals surface area contributed by atoms with Gasteiger partial charge in [0, 0.05) is 16.6 Å². The number of methoxy groups -OCH3 is 2. The number of carbonyl (C=O) groups is 2. The van der Waals surface area contributed by atoms with E-state index in [0.717, 1.165) is 4.90 Å². The van der Waals surface area contributed by atoms with Crippen molar-refractivity contribution >= 4 is 29.3 Å². The summed E-state index contributed by atoms with van der Waals surface area (Å²) in [7, 11) is 3.04. The fraction of sp³-hybridized carbons (Fsp3) is 0.263. The molecule has 0 aliphatic heterocycles. The van der Waals surface area contributed by atoms with Crippen molar-refractivity contribution < 1.29 is 23.8 Å². The van der Waals surface area contributed by atoms with E-state index >= 15 is 0 Å². The Morgan fingerprint density at radius 3 is 2.23 bits per heavy atom. The predicted molar refractivity (Wildman–Crippen MR) is 101 cm³/mol. The normalized spacial score (nSPS) is 11.4. The van der Waals surface area contributed by atoms with Crippen LogP contribution in [0.15, 0.2) is 47.4 Å². The van der Waals surface area contributed by atoms with E-state index in [2.05, 4.69) is 5.32 Å². The third-order valence-electron chi connectivity index (χ3n) is 3.63. The summed E-state index contributed by atoms with van der Waals surface area (Å²) < 4.78 is 15.6. The van der Waals surface area contributed by atoms with Crippen LogP contribution in [-0.4, -0.2) is 38.5 Å². The van der Waals surface area contributed by atoms with E-state index in [-0.39, 0.29) is 0 Å². The highest BCUT2D eigenvalue weighted by atomic mass is 32.2. The van der Waals surface area contributed by atoms with Crippen LogP contribution in [0.3, 0.4) is 0 Å². The predicted octanol–water partition coefficient (Wildman–Crippen LogP) is 3.61. The quantitative estimate of drug-likeness (QED) is 0.589. The Hall–Kier alpha value is -2.67. The van der Waals surface area contributed by atoms with Crippen LogP contribution >= 0.6 is 11.8 Å². The number of hydrogen-bond acceptors (Lipinski definition) is 6. The van der Waals surface area contributed by atoms with Gasteiger partial charge in [-0.3, -0.25) is 4.79 Å². The van der Waals surface area contributed by atoms with Crippen LogP contribution in [0.1, 0.15) is 17.3 Å². The molecule has 0 aromatic heterocycles. The molecule has 0 saturated heterocycles. The van der Waals surface area contributed by atoms with Gasteiger partial charge in [-0.15, -0.1) is 11.8 Å². The maximum atomic E-state index is 12.3. The molecule has 0 spiro atoms. The first-order chi connectivity index (χ1) is 12.5. The van der Waals surface area contributed by atoms with Gasteiger partial charge in [-0.2, -0.15) is 0 Å². The number of esters is 1. The van der Waals surface area contributed by atoms with Gasteiger partial charge in [0.1, 0.15) is 0 Å². The smallest absolute Gasteiger partial charge is 0.338 e. The fourth-order valence-corrected chi connectivity index (χ4v) is 2.58.